The Hall–Kier alpha value is -0.700. The van der Waals surface area contributed by atoms with Gasteiger partial charge in [0.1, 0.15) is 0 Å². The largest absolute Gasteiger partial charge is 0.396 e. The van der Waals surface area contributed by atoms with Crippen molar-refractivity contribution in [2.45, 2.75) is 19.9 Å². The molecule has 0 atom stereocenters. The fraction of sp³-hybridized carbons (Fsp3) is 0.333. The average Bonchev–Trinajstić information content (AvgIpc) is 2.58. The Morgan fingerprint density at radius 1 is 1.31 bits per heavy atom. The van der Waals surface area contributed by atoms with E-state index in [2.05, 4.69) is 4.57 Å². The number of aliphatic hydroxyl groups excluding tert-OH is 1. The van der Waals surface area contributed by atoms with Gasteiger partial charge in [-0.25, -0.2) is 0 Å². The molecule has 0 spiro atoms. The van der Waals surface area contributed by atoms with E-state index in [-0.39, 0.29) is 6.61 Å². The molecule has 86 valence electrons. The van der Waals surface area contributed by atoms with E-state index in [0.29, 0.717) is 16.5 Å². The van der Waals surface area contributed by atoms with E-state index in [0.717, 1.165) is 17.4 Å². The molecular formula is C12H13Cl2NO. The number of hydrogen-bond acceptors (Lipinski definition) is 1. The SMILES string of the molecule is Cc1cn(CCCO)c2c(Cl)c(Cl)ccc12. The quantitative estimate of drug-likeness (QED) is 0.893. The van der Waals surface area contributed by atoms with Gasteiger partial charge in [-0.2, -0.15) is 0 Å². The molecular weight excluding hydrogens is 245 g/mol. The van der Waals surface area contributed by atoms with Crippen LogP contribution in [0.4, 0.5) is 0 Å². The van der Waals surface area contributed by atoms with Gasteiger partial charge in [0, 0.05) is 24.7 Å². The first-order valence-electron chi connectivity index (χ1n) is 5.19. The molecule has 16 heavy (non-hydrogen) atoms. The van der Waals surface area contributed by atoms with Gasteiger partial charge >= 0.3 is 0 Å². The zero-order valence-electron chi connectivity index (χ0n) is 9.00. The molecule has 2 aromatic rings. The van der Waals surface area contributed by atoms with Crippen molar-refractivity contribution in [2.24, 2.45) is 0 Å². The smallest absolute Gasteiger partial charge is 0.0835 e. The maximum absolute atomic E-state index is 8.86. The monoisotopic (exact) mass is 257 g/mol. The highest BCUT2D eigenvalue weighted by Crippen LogP contribution is 2.33. The first kappa shape index (κ1) is 11.8. The number of aromatic nitrogens is 1. The number of halogens is 2. The molecule has 2 nitrogen and oxygen atoms in total. The molecule has 2 rings (SSSR count). The average molecular weight is 258 g/mol. The first-order chi connectivity index (χ1) is 7.65. The van der Waals surface area contributed by atoms with Gasteiger partial charge in [0.25, 0.3) is 0 Å². The molecule has 4 heteroatoms. The van der Waals surface area contributed by atoms with Crippen LogP contribution in [0.25, 0.3) is 10.9 Å². The molecule has 0 saturated heterocycles. The van der Waals surface area contributed by atoms with Crippen LogP contribution in [0.1, 0.15) is 12.0 Å². The van der Waals surface area contributed by atoms with Crippen molar-refractivity contribution in [2.75, 3.05) is 6.61 Å². The summed E-state index contributed by atoms with van der Waals surface area (Å²) in [5, 5.41) is 11.1. The highest BCUT2D eigenvalue weighted by Gasteiger charge is 2.11. The zero-order chi connectivity index (χ0) is 11.7. The summed E-state index contributed by atoms with van der Waals surface area (Å²) in [6, 6.07) is 3.80. The minimum absolute atomic E-state index is 0.177. The van der Waals surface area contributed by atoms with Crippen LogP contribution < -0.4 is 0 Å². The minimum Gasteiger partial charge on any atom is -0.396 e. The highest BCUT2D eigenvalue weighted by molar-refractivity contribution is 6.45. The van der Waals surface area contributed by atoms with E-state index in [1.807, 2.05) is 25.3 Å². The second-order valence-corrected chi connectivity index (χ2v) is 4.63. The third-order valence-corrected chi connectivity index (χ3v) is 3.48. The Morgan fingerprint density at radius 3 is 2.75 bits per heavy atom. The van der Waals surface area contributed by atoms with Gasteiger partial charge in [0.2, 0.25) is 0 Å². The second kappa shape index (κ2) is 4.66. The number of aliphatic hydroxyl groups is 1. The normalized spacial score (nSPS) is 11.2. The molecule has 0 fully saturated rings. The number of benzene rings is 1. The van der Waals surface area contributed by atoms with Crippen LogP contribution >= 0.6 is 23.2 Å². The van der Waals surface area contributed by atoms with E-state index in [1.54, 1.807) is 0 Å². The topological polar surface area (TPSA) is 25.2 Å². The third-order valence-electron chi connectivity index (χ3n) is 2.69. The lowest BCUT2D eigenvalue weighted by Gasteiger charge is -2.06. The van der Waals surface area contributed by atoms with Gasteiger partial charge in [-0.3, -0.25) is 0 Å². The van der Waals surface area contributed by atoms with Crippen LogP contribution in [-0.4, -0.2) is 16.3 Å². The summed E-state index contributed by atoms with van der Waals surface area (Å²) in [7, 11) is 0. The van der Waals surface area contributed by atoms with Crippen molar-refractivity contribution >= 4 is 34.1 Å². The lowest BCUT2D eigenvalue weighted by molar-refractivity contribution is 0.280. The fourth-order valence-electron chi connectivity index (χ4n) is 1.92. The first-order valence-corrected chi connectivity index (χ1v) is 5.95. The number of fused-ring (bicyclic) bond motifs is 1. The second-order valence-electron chi connectivity index (χ2n) is 3.84. The lowest BCUT2D eigenvalue weighted by Crippen LogP contribution is -1.98. The number of nitrogens with zero attached hydrogens (tertiary/aromatic N) is 1. The Kier molecular flexibility index (Phi) is 3.43. The summed E-state index contributed by atoms with van der Waals surface area (Å²) < 4.78 is 2.05. The van der Waals surface area contributed by atoms with E-state index < -0.39 is 0 Å². The minimum atomic E-state index is 0.177. The van der Waals surface area contributed by atoms with E-state index in [4.69, 9.17) is 28.3 Å². The van der Waals surface area contributed by atoms with Crippen molar-refractivity contribution in [3.05, 3.63) is 33.9 Å². The molecule has 0 amide bonds. The maximum Gasteiger partial charge on any atom is 0.0835 e. The maximum atomic E-state index is 8.86. The van der Waals surface area contributed by atoms with Gasteiger partial charge in [0.05, 0.1) is 15.6 Å². The van der Waals surface area contributed by atoms with Crippen LogP contribution in [0.5, 0.6) is 0 Å². The molecule has 1 aromatic carbocycles. The van der Waals surface area contributed by atoms with E-state index in [1.165, 1.54) is 5.56 Å². The van der Waals surface area contributed by atoms with E-state index >= 15 is 0 Å². The van der Waals surface area contributed by atoms with Crippen molar-refractivity contribution in [3.63, 3.8) is 0 Å². The van der Waals surface area contributed by atoms with Gasteiger partial charge in [-0.1, -0.05) is 29.3 Å². The van der Waals surface area contributed by atoms with Crippen LogP contribution in [0.15, 0.2) is 18.3 Å². The van der Waals surface area contributed by atoms with E-state index in [9.17, 15) is 0 Å². The Morgan fingerprint density at radius 2 is 2.06 bits per heavy atom. The summed E-state index contributed by atoms with van der Waals surface area (Å²) in [5.41, 5.74) is 2.13. The molecule has 0 bridgehead atoms. The van der Waals surface area contributed by atoms with Gasteiger partial charge in [-0.05, 0) is 25.0 Å². The third kappa shape index (κ3) is 1.93. The number of aryl methyl sites for hydroxylation is 2. The fourth-order valence-corrected chi connectivity index (χ4v) is 2.35. The van der Waals surface area contributed by atoms with Crippen LogP contribution in [0.3, 0.4) is 0 Å². The van der Waals surface area contributed by atoms with Crippen LogP contribution in [-0.2, 0) is 6.54 Å². The van der Waals surface area contributed by atoms with Crippen molar-refractivity contribution in [1.82, 2.24) is 4.57 Å². The summed E-state index contributed by atoms with van der Waals surface area (Å²) >= 11 is 12.2. The predicted octanol–water partition coefficient (Wildman–Crippen LogP) is 3.64. The molecule has 0 unspecified atom stereocenters. The number of hydrogen-bond donors (Lipinski definition) is 1. The molecule has 0 aliphatic rings. The van der Waals surface area contributed by atoms with Gasteiger partial charge in [-0.15, -0.1) is 0 Å². The Bertz CT molecular complexity index is 519. The Labute approximate surface area is 104 Å². The summed E-state index contributed by atoms with van der Waals surface area (Å²) in [5.74, 6) is 0. The summed E-state index contributed by atoms with van der Waals surface area (Å²) in [6.07, 6.45) is 2.76. The van der Waals surface area contributed by atoms with Crippen LogP contribution in [0, 0.1) is 6.92 Å². The van der Waals surface area contributed by atoms with Crippen molar-refractivity contribution in [3.8, 4) is 0 Å². The number of rotatable bonds is 3. The predicted molar refractivity (Wildman–Crippen MR) is 68.4 cm³/mol. The summed E-state index contributed by atoms with van der Waals surface area (Å²) in [4.78, 5) is 0. The van der Waals surface area contributed by atoms with Crippen LogP contribution in [0.2, 0.25) is 10.0 Å². The molecule has 0 aliphatic heterocycles. The standard InChI is InChI=1S/C12H13Cl2NO/c1-8-7-15(5-2-6-16)12-9(8)3-4-10(13)11(12)14/h3-4,7,16H,2,5-6H2,1H3. The molecule has 1 aromatic heterocycles. The molecule has 1 heterocycles. The molecule has 0 saturated carbocycles. The summed E-state index contributed by atoms with van der Waals surface area (Å²) in [6.45, 7) is 2.97. The molecule has 0 radical (unpaired) electrons. The lowest BCUT2D eigenvalue weighted by atomic mass is 10.2. The Balaban J connectivity index is 2.61. The highest BCUT2D eigenvalue weighted by atomic mass is 35.5. The molecule has 0 aliphatic carbocycles. The zero-order valence-corrected chi connectivity index (χ0v) is 10.5. The van der Waals surface area contributed by atoms with Gasteiger partial charge < -0.3 is 9.67 Å². The van der Waals surface area contributed by atoms with Gasteiger partial charge in [0.15, 0.2) is 0 Å². The van der Waals surface area contributed by atoms with Crippen molar-refractivity contribution in [1.29, 1.82) is 0 Å². The van der Waals surface area contributed by atoms with Crippen molar-refractivity contribution < 1.29 is 5.11 Å². The molecule has 1 N–H and O–H groups in total.